The van der Waals surface area contributed by atoms with Gasteiger partial charge < -0.3 is 17.2 Å². The van der Waals surface area contributed by atoms with Crippen molar-refractivity contribution < 1.29 is 0 Å². The minimum Gasteiger partial charge on any atom is -0.370 e. The molecule has 0 saturated heterocycles. The van der Waals surface area contributed by atoms with Crippen LogP contribution in [-0.4, -0.2) is 11.9 Å². The predicted octanol–water partition coefficient (Wildman–Crippen LogP) is 1.03. The van der Waals surface area contributed by atoms with Crippen molar-refractivity contribution >= 4 is 17.6 Å². The van der Waals surface area contributed by atoms with Gasteiger partial charge in [-0.05, 0) is 17.5 Å². The summed E-state index contributed by atoms with van der Waals surface area (Å²) in [6.07, 6.45) is 0. The first-order valence-corrected chi connectivity index (χ1v) is 5.03. The average molecular weight is 219 g/mol. The Morgan fingerprint density at radius 2 is 1.75 bits per heavy atom. The Kier molecular flexibility index (Phi) is 3.88. The second kappa shape index (κ2) is 5.16. The lowest BCUT2D eigenvalue weighted by Gasteiger charge is -2.08. The summed E-state index contributed by atoms with van der Waals surface area (Å²) < 4.78 is 0. The third-order valence-electron chi connectivity index (χ3n) is 2.04. The zero-order chi connectivity index (χ0) is 12.1. The van der Waals surface area contributed by atoms with Gasteiger partial charge in [-0.1, -0.05) is 32.0 Å². The summed E-state index contributed by atoms with van der Waals surface area (Å²) in [4.78, 5) is 7.84. The molecule has 0 bridgehead atoms. The summed E-state index contributed by atoms with van der Waals surface area (Å²) in [6.45, 7) is 4.18. The second-order valence-electron chi connectivity index (χ2n) is 3.72. The van der Waals surface area contributed by atoms with Gasteiger partial charge in [0.25, 0.3) is 0 Å². The summed E-state index contributed by atoms with van der Waals surface area (Å²) in [5.74, 6) is 0.336. The number of nitrogens with zero attached hydrogens (tertiary/aromatic N) is 2. The van der Waals surface area contributed by atoms with Crippen LogP contribution in [0, 0.1) is 0 Å². The topological polar surface area (TPSA) is 103 Å². The highest BCUT2D eigenvalue weighted by Crippen LogP contribution is 2.26. The molecule has 0 aliphatic carbocycles. The number of hydrogen-bond donors (Lipinski definition) is 3. The molecule has 6 N–H and O–H groups in total. The Balaban J connectivity index is 3.10. The average Bonchev–Trinajstić information content (AvgIpc) is 2.16. The van der Waals surface area contributed by atoms with Crippen LogP contribution >= 0.6 is 0 Å². The molecule has 0 amide bonds. The number of para-hydroxylation sites is 1. The van der Waals surface area contributed by atoms with Crippen molar-refractivity contribution in [3.05, 3.63) is 29.8 Å². The first-order chi connectivity index (χ1) is 7.50. The molecule has 0 aliphatic rings. The van der Waals surface area contributed by atoms with Gasteiger partial charge >= 0.3 is 0 Å². The Morgan fingerprint density at radius 1 is 1.12 bits per heavy atom. The molecule has 0 heterocycles. The molecular weight excluding hydrogens is 202 g/mol. The van der Waals surface area contributed by atoms with Crippen molar-refractivity contribution in [1.82, 2.24) is 0 Å². The normalized spacial score (nSPS) is 11.6. The maximum Gasteiger partial charge on any atom is 0.223 e. The predicted molar refractivity (Wildman–Crippen MR) is 67.6 cm³/mol. The molecule has 0 spiro atoms. The molecule has 0 aromatic heterocycles. The smallest absolute Gasteiger partial charge is 0.223 e. The van der Waals surface area contributed by atoms with Crippen molar-refractivity contribution in [1.29, 1.82) is 0 Å². The number of nitrogens with two attached hydrogens (primary N) is 3. The summed E-state index contributed by atoms with van der Waals surface area (Å²) in [7, 11) is 0. The van der Waals surface area contributed by atoms with E-state index in [0.29, 0.717) is 5.92 Å². The van der Waals surface area contributed by atoms with Crippen molar-refractivity contribution in [3.63, 3.8) is 0 Å². The number of guanidine groups is 2. The van der Waals surface area contributed by atoms with Gasteiger partial charge in [-0.3, -0.25) is 0 Å². The van der Waals surface area contributed by atoms with Gasteiger partial charge in [0.1, 0.15) is 0 Å². The highest BCUT2D eigenvalue weighted by molar-refractivity contribution is 5.93. The van der Waals surface area contributed by atoms with E-state index in [0.717, 1.165) is 11.3 Å². The molecule has 1 aromatic carbocycles. The maximum absolute atomic E-state index is 5.58. The third-order valence-corrected chi connectivity index (χ3v) is 2.04. The van der Waals surface area contributed by atoms with Crippen LogP contribution in [0.2, 0.25) is 0 Å². The van der Waals surface area contributed by atoms with Gasteiger partial charge in [-0.2, -0.15) is 4.99 Å². The number of hydrogen-bond acceptors (Lipinski definition) is 1. The first kappa shape index (κ1) is 12.0. The fourth-order valence-electron chi connectivity index (χ4n) is 1.36. The van der Waals surface area contributed by atoms with E-state index in [1.54, 1.807) is 0 Å². The molecule has 86 valence electrons. The van der Waals surface area contributed by atoms with E-state index < -0.39 is 0 Å². The summed E-state index contributed by atoms with van der Waals surface area (Å²) in [6, 6.07) is 7.75. The van der Waals surface area contributed by atoms with E-state index in [2.05, 4.69) is 23.8 Å². The Morgan fingerprint density at radius 3 is 2.31 bits per heavy atom. The van der Waals surface area contributed by atoms with Gasteiger partial charge in [0.2, 0.25) is 5.96 Å². The van der Waals surface area contributed by atoms with Gasteiger partial charge in [0.05, 0.1) is 5.69 Å². The van der Waals surface area contributed by atoms with Crippen LogP contribution in [0.1, 0.15) is 25.3 Å². The zero-order valence-electron chi connectivity index (χ0n) is 9.51. The third kappa shape index (κ3) is 3.27. The SMILES string of the molecule is CC(C)c1ccccc1N=C(N)N=C(N)N. The van der Waals surface area contributed by atoms with Gasteiger partial charge in [-0.25, -0.2) is 4.99 Å². The highest BCUT2D eigenvalue weighted by Gasteiger charge is 2.04. The fourth-order valence-corrected chi connectivity index (χ4v) is 1.36. The molecule has 0 saturated carbocycles. The molecule has 1 rings (SSSR count). The zero-order valence-corrected chi connectivity index (χ0v) is 9.51. The van der Waals surface area contributed by atoms with E-state index in [1.165, 1.54) is 0 Å². The first-order valence-electron chi connectivity index (χ1n) is 5.03. The molecule has 0 radical (unpaired) electrons. The second-order valence-corrected chi connectivity index (χ2v) is 3.72. The molecule has 0 fully saturated rings. The molecular formula is C11H17N5. The van der Waals surface area contributed by atoms with Crippen molar-refractivity contribution in [3.8, 4) is 0 Å². The standard InChI is InChI=1S/C11H17N5/c1-7(2)8-5-3-4-6-9(8)15-11(14)16-10(12)13/h3-7H,1-2H3,(H6,12,13,14,15,16). The van der Waals surface area contributed by atoms with E-state index in [9.17, 15) is 0 Å². The fraction of sp³-hybridized carbons (Fsp3) is 0.273. The largest absolute Gasteiger partial charge is 0.370 e. The summed E-state index contributed by atoms with van der Waals surface area (Å²) in [5.41, 5.74) is 17.9. The molecule has 1 aromatic rings. The van der Waals surface area contributed by atoms with Crippen LogP contribution in [0.15, 0.2) is 34.3 Å². The monoisotopic (exact) mass is 219 g/mol. The van der Waals surface area contributed by atoms with Crippen molar-refractivity contribution in [2.24, 2.45) is 27.2 Å². The minimum absolute atomic E-state index is 0.0631. The van der Waals surface area contributed by atoms with Crippen LogP contribution < -0.4 is 17.2 Å². The lowest BCUT2D eigenvalue weighted by atomic mass is 10.0. The quantitative estimate of drug-likeness (QED) is 0.511. The summed E-state index contributed by atoms with van der Waals surface area (Å²) in [5, 5.41) is 0. The Labute approximate surface area is 95.1 Å². The molecule has 0 aliphatic heterocycles. The van der Waals surface area contributed by atoms with Crippen LogP contribution in [0.4, 0.5) is 5.69 Å². The van der Waals surface area contributed by atoms with Gasteiger partial charge in [0.15, 0.2) is 5.96 Å². The van der Waals surface area contributed by atoms with E-state index in [-0.39, 0.29) is 11.9 Å². The molecule has 5 nitrogen and oxygen atoms in total. The molecule has 0 atom stereocenters. The van der Waals surface area contributed by atoms with E-state index >= 15 is 0 Å². The van der Waals surface area contributed by atoms with Crippen molar-refractivity contribution in [2.45, 2.75) is 19.8 Å². The Bertz CT molecular complexity index is 416. The number of benzene rings is 1. The number of aliphatic imine (C=N–C) groups is 2. The summed E-state index contributed by atoms with van der Waals surface area (Å²) >= 11 is 0. The number of rotatable bonds is 2. The van der Waals surface area contributed by atoms with Gasteiger partial charge in [0, 0.05) is 0 Å². The molecule has 16 heavy (non-hydrogen) atoms. The lowest BCUT2D eigenvalue weighted by molar-refractivity contribution is 0.867. The van der Waals surface area contributed by atoms with Gasteiger partial charge in [-0.15, -0.1) is 0 Å². The van der Waals surface area contributed by atoms with E-state index in [4.69, 9.17) is 17.2 Å². The molecule has 0 unspecified atom stereocenters. The van der Waals surface area contributed by atoms with Crippen LogP contribution in [0.3, 0.4) is 0 Å². The van der Waals surface area contributed by atoms with Crippen LogP contribution in [0.5, 0.6) is 0 Å². The van der Waals surface area contributed by atoms with Crippen molar-refractivity contribution in [2.75, 3.05) is 0 Å². The van der Waals surface area contributed by atoms with E-state index in [1.807, 2.05) is 24.3 Å². The lowest BCUT2D eigenvalue weighted by Crippen LogP contribution is -2.26. The highest BCUT2D eigenvalue weighted by atomic mass is 15.1. The maximum atomic E-state index is 5.58. The Hall–Kier alpha value is -2.04. The van der Waals surface area contributed by atoms with Crippen LogP contribution in [-0.2, 0) is 0 Å². The molecule has 5 heteroatoms. The van der Waals surface area contributed by atoms with Crippen LogP contribution in [0.25, 0.3) is 0 Å². The minimum atomic E-state index is -0.0942.